The highest BCUT2D eigenvalue weighted by Crippen LogP contribution is 2.19. The Morgan fingerprint density at radius 3 is 0.662 bits per heavy atom. The minimum Gasteiger partial charge on any atom is -0.462 e. The van der Waals surface area contributed by atoms with Gasteiger partial charge >= 0.3 is 17.9 Å². The largest absolute Gasteiger partial charge is 0.462 e. The molecule has 0 saturated carbocycles. The number of ether oxygens (including phenoxy) is 3. The molecule has 0 N–H and O–H groups in total. The molecule has 0 aliphatic carbocycles. The first-order chi connectivity index (χ1) is 38.0. The van der Waals surface area contributed by atoms with Gasteiger partial charge in [0.05, 0.1) is 0 Å². The van der Waals surface area contributed by atoms with Crippen LogP contribution in [0.25, 0.3) is 0 Å². The Labute approximate surface area is 481 Å². The summed E-state index contributed by atoms with van der Waals surface area (Å²) < 4.78 is 17.0. The third-order valence-electron chi connectivity index (χ3n) is 16.3. The van der Waals surface area contributed by atoms with E-state index in [4.69, 9.17) is 14.2 Å². The molecule has 0 aliphatic rings. The Hall–Kier alpha value is -1.85. The maximum absolute atomic E-state index is 12.9. The van der Waals surface area contributed by atoms with Crippen LogP contribution >= 0.6 is 0 Å². The van der Waals surface area contributed by atoms with Crippen LogP contribution in [0.3, 0.4) is 0 Å². The van der Waals surface area contributed by atoms with Crippen molar-refractivity contribution in [2.45, 2.75) is 412 Å². The normalized spacial score (nSPS) is 12.0. The second-order valence-corrected chi connectivity index (χ2v) is 24.2. The summed E-state index contributed by atoms with van der Waals surface area (Å²) in [5.41, 5.74) is 0. The van der Waals surface area contributed by atoms with Gasteiger partial charge in [-0.15, -0.1) is 0 Å². The lowest BCUT2D eigenvalue weighted by Crippen LogP contribution is -2.30. The first-order valence-electron chi connectivity index (χ1n) is 35.2. The van der Waals surface area contributed by atoms with Crippen molar-refractivity contribution >= 4 is 17.9 Å². The smallest absolute Gasteiger partial charge is 0.306 e. The summed E-state index contributed by atoms with van der Waals surface area (Å²) in [7, 11) is 0. The SMILES string of the molecule is CCCCCC/C=C\CCCCCCCC(=O)OCC(COC(=O)CCCCCCCCCCCCCCCCCCCCCCCCCCCCCCC)OC(=O)CCCCCCCCCCCCCCCCCCC. The van der Waals surface area contributed by atoms with Crippen LogP contribution in [-0.4, -0.2) is 37.2 Å². The highest BCUT2D eigenvalue weighted by molar-refractivity contribution is 5.71. The predicted octanol–water partition coefficient (Wildman–Crippen LogP) is 24.0. The van der Waals surface area contributed by atoms with Crippen molar-refractivity contribution in [2.75, 3.05) is 13.2 Å². The zero-order valence-electron chi connectivity index (χ0n) is 52.5. The zero-order valence-corrected chi connectivity index (χ0v) is 52.5. The first kappa shape index (κ1) is 75.2. The molecule has 0 aliphatic heterocycles. The molecule has 77 heavy (non-hydrogen) atoms. The second kappa shape index (κ2) is 66.7. The van der Waals surface area contributed by atoms with Gasteiger partial charge in [0.25, 0.3) is 0 Å². The average molecular weight is 1090 g/mol. The predicted molar refractivity (Wildman–Crippen MR) is 335 cm³/mol. The maximum atomic E-state index is 12.9. The summed E-state index contributed by atoms with van der Waals surface area (Å²) >= 11 is 0. The quantitative estimate of drug-likeness (QED) is 0.0261. The van der Waals surface area contributed by atoms with Crippen LogP contribution in [0.5, 0.6) is 0 Å². The van der Waals surface area contributed by atoms with Crippen molar-refractivity contribution in [3.05, 3.63) is 12.2 Å². The fourth-order valence-corrected chi connectivity index (χ4v) is 11.0. The van der Waals surface area contributed by atoms with E-state index in [9.17, 15) is 14.4 Å². The highest BCUT2D eigenvalue weighted by atomic mass is 16.6. The standard InChI is InChI=1S/C71H136O6/c1-4-7-10-13-16-19-22-25-27-29-30-31-32-33-34-35-36-37-38-39-40-42-43-46-49-52-55-58-61-64-70(73)76-67-68(66-75-69(72)63-60-57-54-51-48-45-24-21-18-15-12-9-6-3)77-71(74)65-62-59-56-53-50-47-44-41-28-26-23-20-17-14-11-8-5-2/h21,24,68H,4-20,22-23,25-67H2,1-3H3/b24-21-. The maximum Gasteiger partial charge on any atom is 0.306 e. The van der Waals surface area contributed by atoms with Gasteiger partial charge in [-0.25, -0.2) is 0 Å². The van der Waals surface area contributed by atoms with E-state index in [0.29, 0.717) is 19.3 Å². The van der Waals surface area contributed by atoms with E-state index in [1.165, 1.54) is 302 Å². The third-order valence-corrected chi connectivity index (χ3v) is 16.3. The van der Waals surface area contributed by atoms with E-state index >= 15 is 0 Å². The van der Waals surface area contributed by atoms with Crippen molar-refractivity contribution in [3.63, 3.8) is 0 Å². The topological polar surface area (TPSA) is 78.9 Å². The molecular weight excluding hydrogens is 949 g/mol. The van der Waals surface area contributed by atoms with Crippen molar-refractivity contribution in [2.24, 2.45) is 0 Å². The van der Waals surface area contributed by atoms with Gasteiger partial charge in [-0.05, 0) is 44.9 Å². The van der Waals surface area contributed by atoms with Gasteiger partial charge < -0.3 is 14.2 Å². The molecule has 0 aromatic carbocycles. The zero-order chi connectivity index (χ0) is 55.7. The molecule has 0 radical (unpaired) electrons. The molecule has 1 atom stereocenters. The lowest BCUT2D eigenvalue weighted by atomic mass is 10.0. The molecule has 6 heteroatoms. The van der Waals surface area contributed by atoms with E-state index in [1.54, 1.807) is 0 Å². The van der Waals surface area contributed by atoms with Gasteiger partial charge in [0.1, 0.15) is 13.2 Å². The number of carbonyl (C=O) groups is 3. The Kier molecular flexibility index (Phi) is 65.1. The molecule has 0 amide bonds. The summed E-state index contributed by atoms with van der Waals surface area (Å²) in [6.45, 7) is 6.70. The minimum absolute atomic E-state index is 0.0658. The van der Waals surface area contributed by atoms with Gasteiger partial charge in [-0.2, -0.15) is 0 Å². The number of allylic oxidation sites excluding steroid dienone is 2. The number of esters is 3. The van der Waals surface area contributed by atoms with Gasteiger partial charge in [0.15, 0.2) is 6.10 Å². The first-order valence-corrected chi connectivity index (χ1v) is 35.2. The third kappa shape index (κ3) is 64.9. The van der Waals surface area contributed by atoms with Gasteiger partial charge in [-0.1, -0.05) is 354 Å². The fraction of sp³-hybridized carbons (Fsp3) is 0.930. The Balaban J connectivity index is 4.13. The summed E-state index contributed by atoms with van der Waals surface area (Å²) in [5.74, 6) is -0.842. The monoisotopic (exact) mass is 1090 g/mol. The van der Waals surface area contributed by atoms with Crippen LogP contribution in [0.2, 0.25) is 0 Å². The van der Waals surface area contributed by atoms with Crippen molar-refractivity contribution < 1.29 is 28.6 Å². The molecule has 0 aromatic rings. The van der Waals surface area contributed by atoms with Crippen LogP contribution < -0.4 is 0 Å². The number of hydrogen-bond acceptors (Lipinski definition) is 6. The molecule has 456 valence electrons. The minimum atomic E-state index is -0.769. The van der Waals surface area contributed by atoms with E-state index < -0.39 is 6.10 Å². The molecule has 0 fully saturated rings. The lowest BCUT2D eigenvalue weighted by molar-refractivity contribution is -0.167. The van der Waals surface area contributed by atoms with Crippen LogP contribution in [0, 0.1) is 0 Å². The van der Waals surface area contributed by atoms with Crippen molar-refractivity contribution in [3.8, 4) is 0 Å². The summed E-state index contributed by atoms with van der Waals surface area (Å²) in [6.07, 6.45) is 79.7. The number of hydrogen-bond donors (Lipinski definition) is 0. The lowest BCUT2D eigenvalue weighted by Gasteiger charge is -2.18. The molecule has 0 heterocycles. The summed E-state index contributed by atoms with van der Waals surface area (Å²) in [6, 6.07) is 0. The van der Waals surface area contributed by atoms with Gasteiger partial charge in [0.2, 0.25) is 0 Å². The Morgan fingerprint density at radius 2 is 0.429 bits per heavy atom. The van der Waals surface area contributed by atoms with Crippen LogP contribution in [0.15, 0.2) is 12.2 Å². The van der Waals surface area contributed by atoms with Crippen LogP contribution in [0.1, 0.15) is 406 Å². The average Bonchev–Trinajstić information content (AvgIpc) is 3.43. The molecule has 0 saturated heterocycles. The second-order valence-electron chi connectivity index (χ2n) is 24.2. The van der Waals surface area contributed by atoms with Crippen molar-refractivity contribution in [1.82, 2.24) is 0 Å². The van der Waals surface area contributed by atoms with Gasteiger partial charge in [-0.3, -0.25) is 14.4 Å². The number of carbonyl (C=O) groups excluding carboxylic acids is 3. The molecule has 0 aromatic heterocycles. The molecule has 0 rings (SSSR count). The molecule has 0 bridgehead atoms. The molecule has 1 unspecified atom stereocenters. The number of rotatable bonds is 66. The van der Waals surface area contributed by atoms with E-state index in [-0.39, 0.29) is 31.1 Å². The molecule has 0 spiro atoms. The molecule has 6 nitrogen and oxygen atoms in total. The summed E-state index contributed by atoms with van der Waals surface area (Å²) in [5, 5.41) is 0. The highest BCUT2D eigenvalue weighted by Gasteiger charge is 2.19. The molecular formula is C71H136O6. The number of unbranched alkanes of at least 4 members (excludes halogenated alkanes) is 53. The van der Waals surface area contributed by atoms with Crippen LogP contribution in [-0.2, 0) is 28.6 Å². The van der Waals surface area contributed by atoms with E-state index in [2.05, 4.69) is 32.9 Å². The fourth-order valence-electron chi connectivity index (χ4n) is 11.0. The van der Waals surface area contributed by atoms with Gasteiger partial charge in [0, 0.05) is 19.3 Å². The Morgan fingerprint density at radius 1 is 0.247 bits per heavy atom. The van der Waals surface area contributed by atoms with Crippen molar-refractivity contribution in [1.29, 1.82) is 0 Å². The Bertz CT molecular complexity index is 1200. The summed E-state index contributed by atoms with van der Waals surface area (Å²) in [4.78, 5) is 38.3. The van der Waals surface area contributed by atoms with E-state index in [1.807, 2.05) is 0 Å². The van der Waals surface area contributed by atoms with Crippen LogP contribution in [0.4, 0.5) is 0 Å². The van der Waals surface area contributed by atoms with E-state index in [0.717, 1.165) is 64.2 Å².